The lowest BCUT2D eigenvalue weighted by molar-refractivity contribution is 0.0730. The van der Waals surface area contributed by atoms with Crippen molar-refractivity contribution in [2.45, 2.75) is 42.1 Å². The fourth-order valence-corrected chi connectivity index (χ4v) is 3.21. The summed E-state index contributed by atoms with van der Waals surface area (Å²) in [5.74, 6) is 0.534. The minimum Gasteiger partial charge on any atom is -0.381 e. The number of anilines is 1. The molecule has 1 aliphatic carbocycles. The maximum atomic E-state index is 5.78. The summed E-state index contributed by atoms with van der Waals surface area (Å²) in [6.07, 6.45) is 8.38. The molecule has 0 bridgehead atoms. The zero-order valence-corrected chi connectivity index (χ0v) is 10.2. The van der Waals surface area contributed by atoms with E-state index in [1.807, 2.05) is 0 Å². The number of ether oxygens (including phenoxy) is 1. The molecule has 1 saturated carbocycles. The van der Waals surface area contributed by atoms with E-state index < -0.39 is 0 Å². The van der Waals surface area contributed by atoms with Gasteiger partial charge in [-0.25, -0.2) is 9.97 Å². The van der Waals surface area contributed by atoms with Crippen molar-refractivity contribution in [3.05, 3.63) is 12.4 Å². The second-order valence-corrected chi connectivity index (χ2v) is 5.30. The Balaban J connectivity index is 1.97. The molecule has 1 fully saturated rings. The highest BCUT2D eigenvalue weighted by Gasteiger charge is 2.23. The van der Waals surface area contributed by atoms with Gasteiger partial charge in [-0.15, -0.1) is 0 Å². The van der Waals surface area contributed by atoms with Crippen LogP contribution in [0, 0.1) is 0 Å². The summed E-state index contributed by atoms with van der Waals surface area (Å²) >= 11 is 1.73. The summed E-state index contributed by atoms with van der Waals surface area (Å²) < 4.78 is 5.41. The van der Waals surface area contributed by atoms with Crippen LogP contribution in [-0.4, -0.2) is 28.4 Å². The van der Waals surface area contributed by atoms with Crippen molar-refractivity contribution in [3.63, 3.8) is 0 Å². The smallest absolute Gasteiger partial charge is 0.156 e. The van der Waals surface area contributed by atoms with Crippen molar-refractivity contribution in [1.82, 2.24) is 9.97 Å². The molecule has 1 aliphatic rings. The molecule has 0 amide bonds. The molecule has 0 aliphatic heterocycles. The van der Waals surface area contributed by atoms with Crippen LogP contribution in [0.4, 0.5) is 5.82 Å². The number of thioether (sulfide) groups is 1. The molecule has 0 aromatic carbocycles. The van der Waals surface area contributed by atoms with Crippen molar-refractivity contribution in [1.29, 1.82) is 0 Å². The van der Waals surface area contributed by atoms with Crippen molar-refractivity contribution in [2.75, 3.05) is 12.8 Å². The minimum atomic E-state index is 0.393. The van der Waals surface area contributed by atoms with Crippen molar-refractivity contribution in [2.24, 2.45) is 0 Å². The molecule has 2 N–H and O–H groups in total. The van der Waals surface area contributed by atoms with Crippen LogP contribution in [-0.2, 0) is 4.74 Å². The molecule has 16 heavy (non-hydrogen) atoms. The maximum absolute atomic E-state index is 5.78. The molecule has 0 radical (unpaired) electrons. The van der Waals surface area contributed by atoms with Crippen molar-refractivity contribution < 1.29 is 4.74 Å². The van der Waals surface area contributed by atoms with Gasteiger partial charge in [0, 0.05) is 24.8 Å². The third-order valence-corrected chi connectivity index (χ3v) is 4.18. The van der Waals surface area contributed by atoms with E-state index in [0.29, 0.717) is 17.2 Å². The van der Waals surface area contributed by atoms with Crippen LogP contribution in [0.25, 0.3) is 0 Å². The van der Waals surface area contributed by atoms with Crippen molar-refractivity contribution in [3.8, 4) is 0 Å². The summed E-state index contributed by atoms with van der Waals surface area (Å²) in [7, 11) is 1.79. The predicted octanol–water partition coefficient (Wildman–Crippen LogP) is 2.11. The molecule has 2 unspecified atom stereocenters. The second kappa shape index (κ2) is 5.50. The van der Waals surface area contributed by atoms with Gasteiger partial charge in [-0.1, -0.05) is 11.8 Å². The first-order valence-electron chi connectivity index (χ1n) is 5.55. The average Bonchev–Trinajstić information content (AvgIpc) is 2.32. The topological polar surface area (TPSA) is 61.0 Å². The molecule has 0 spiro atoms. The Labute approximate surface area is 100.0 Å². The first-order chi connectivity index (χ1) is 7.79. The van der Waals surface area contributed by atoms with E-state index in [1.54, 1.807) is 31.3 Å². The number of aromatic nitrogens is 2. The first-order valence-corrected chi connectivity index (χ1v) is 6.43. The molecule has 88 valence electrons. The Bertz CT molecular complexity index is 348. The van der Waals surface area contributed by atoms with Gasteiger partial charge in [-0.05, 0) is 25.7 Å². The quantitative estimate of drug-likeness (QED) is 0.875. The van der Waals surface area contributed by atoms with Gasteiger partial charge in [-0.2, -0.15) is 0 Å². The lowest BCUT2D eigenvalue weighted by Gasteiger charge is -2.27. The highest BCUT2D eigenvalue weighted by atomic mass is 32.2. The molecule has 0 saturated heterocycles. The van der Waals surface area contributed by atoms with Gasteiger partial charge in [0.05, 0.1) is 6.10 Å². The van der Waals surface area contributed by atoms with Gasteiger partial charge in [0.2, 0.25) is 0 Å². The van der Waals surface area contributed by atoms with Crippen LogP contribution in [0.1, 0.15) is 25.7 Å². The van der Waals surface area contributed by atoms with E-state index in [2.05, 4.69) is 9.97 Å². The number of nitrogens with two attached hydrogens (primary N) is 1. The van der Waals surface area contributed by atoms with Gasteiger partial charge in [0.15, 0.2) is 5.82 Å². The SMILES string of the molecule is COC1CCCC(Sc2nccnc2N)C1. The molecule has 2 rings (SSSR count). The number of methoxy groups -OCH3 is 1. The largest absolute Gasteiger partial charge is 0.381 e. The van der Waals surface area contributed by atoms with E-state index in [4.69, 9.17) is 10.5 Å². The van der Waals surface area contributed by atoms with Crippen LogP contribution in [0.15, 0.2) is 17.4 Å². The van der Waals surface area contributed by atoms with Gasteiger partial charge < -0.3 is 10.5 Å². The summed E-state index contributed by atoms with van der Waals surface area (Å²) in [5.41, 5.74) is 5.78. The fourth-order valence-electron chi connectivity index (χ4n) is 2.01. The summed E-state index contributed by atoms with van der Waals surface area (Å²) in [6.45, 7) is 0. The lowest BCUT2D eigenvalue weighted by atomic mass is 9.97. The van der Waals surface area contributed by atoms with Gasteiger partial charge in [0.25, 0.3) is 0 Å². The molecular weight excluding hydrogens is 222 g/mol. The van der Waals surface area contributed by atoms with E-state index in [9.17, 15) is 0 Å². The Kier molecular flexibility index (Phi) is 4.01. The van der Waals surface area contributed by atoms with Crippen LogP contribution in [0.2, 0.25) is 0 Å². The van der Waals surface area contributed by atoms with Crippen LogP contribution < -0.4 is 5.73 Å². The predicted molar refractivity (Wildman–Crippen MR) is 65.4 cm³/mol. The monoisotopic (exact) mass is 239 g/mol. The summed E-state index contributed by atoms with van der Waals surface area (Å²) in [6, 6.07) is 0. The zero-order chi connectivity index (χ0) is 11.4. The number of nitrogen functional groups attached to an aromatic ring is 1. The minimum absolute atomic E-state index is 0.393. The van der Waals surface area contributed by atoms with Crippen LogP contribution >= 0.6 is 11.8 Å². The fraction of sp³-hybridized carbons (Fsp3) is 0.636. The van der Waals surface area contributed by atoms with Gasteiger partial charge in [0.1, 0.15) is 5.03 Å². The Hall–Kier alpha value is -0.810. The normalized spacial score (nSPS) is 25.6. The van der Waals surface area contributed by atoms with Crippen LogP contribution in [0.5, 0.6) is 0 Å². The van der Waals surface area contributed by atoms with Crippen LogP contribution in [0.3, 0.4) is 0 Å². The van der Waals surface area contributed by atoms with Gasteiger partial charge in [-0.3, -0.25) is 0 Å². The zero-order valence-electron chi connectivity index (χ0n) is 9.43. The highest BCUT2D eigenvalue weighted by molar-refractivity contribution is 8.00. The summed E-state index contributed by atoms with van der Waals surface area (Å²) in [5, 5.41) is 1.40. The molecule has 1 aromatic rings. The first kappa shape index (κ1) is 11.7. The molecule has 2 atom stereocenters. The lowest BCUT2D eigenvalue weighted by Crippen LogP contribution is -2.23. The number of nitrogens with zero attached hydrogens (tertiary/aromatic N) is 2. The standard InChI is InChI=1S/C11H17N3OS/c1-15-8-3-2-4-9(7-8)16-11-10(12)13-5-6-14-11/h5-6,8-9H,2-4,7H2,1H3,(H2,12,13). The third-order valence-electron chi connectivity index (χ3n) is 2.88. The Morgan fingerprint density at radius 1 is 1.38 bits per heavy atom. The molecule has 4 nitrogen and oxygen atoms in total. The second-order valence-electron chi connectivity index (χ2n) is 4.01. The molecule has 5 heteroatoms. The third kappa shape index (κ3) is 2.86. The average molecular weight is 239 g/mol. The number of hydrogen-bond donors (Lipinski definition) is 1. The van der Waals surface area contributed by atoms with E-state index in [0.717, 1.165) is 11.4 Å². The molecular formula is C11H17N3OS. The number of rotatable bonds is 3. The number of hydrogen-bond acceptors (Lipinski definition) is 5. The Morgan fingerprint density at radius 3 is 2.94 bits per heavy atom. The molecule has 1 heterocycles. The van der Waals surface area contributed by atoms with Crippen molar-refractivity contribution >= 4 is 17.6 Å². The maximum Gasteiger partial charge on any atom is 0.156 e. The Morgan fingerprint density at radius 2 is 2.19 bits per heavy atom. The van der Waals surface area contributed by atoms with E-state index >= 15 is 0 Å². The summed E-state index contributed by atoms with van der Waals surface area (Å²) in [4.78, 5) is 8.30. The van der Waals surface area contributed by atoms with E-state index in [1.165, 1.54) is 19.3 Å². The highest BCUT2D eigenvalue weighted by Crippen LogP contribution is 2.35. The molecule has 1 aromatic heterocycles. The van der Waals surface area contributed by atoms with E-state index in [-0.39, 0.29) is 0 Å². The van der Waals surface area contributed by atoms with Gasteiger partial charge >= 0.3 is 0 Å².